The Morgan fingerprint density at radius 3 is 2.90 bits per heavy atom. The van der Waals surface area contributed by atoms with Crippen LogP contribution in [0.1, 0.15) is 19.3 Å². The van der Waals surface area contributed by atoms with Gasteiger partial charge in [-0.25, -0.2) is 0 Å². The second-order valence-corrected chi connectivity index (χ2v) is 3.35. The minimum Gasteiger partial charge on any atom is -0.388 e. The van der Waals surface area contributed by atoms with Gasteiger partial charge >= 0.3 is 0 Å². The van der Waals surface area contributed by atoms with Crippen LogP contribution in [0.3, 0.4) is 0 Å². The van der Waals surface area contributed by atoms with E-state index in [9.17, 15) is 5.11 Å². The van der Waals surface area contributed by atoms with Gasteiger partial charge in [0.05, 0.1) is 6.10 Å². The molecule has 0 spiro atoms. The Morgan fingerprint density at radius 2 is 2.50 bits per heavy atom. The van der Waals surface area contributed by atoms with Crippen molar-refractivity contribution in [2.24, 2.45) is 0 Å². The Hall–Kier alpha value is -0.0800. The van der Waals surface area contributed by atoms with E-state index in [4.69, 9.17) is 0 Å². The molecule has 0 aromatic rings. The lowest BCUT2D eigenvalue weighted by Crippen LogP contribution is -1.98. The molecule has 0 fully saturated rings. The predicted octanol–water partition coefficient (Wildman–Crippen LogP) is 2.37. The van der Waals surface area contributed by atoms with Crippen molar-refractivity contribution < 1.29 is 5.11 Å². The average molecular weight is 203 g/mol. The Kier molecular flexibility index (Phi) is 2.69. The van der Waals surface area contributed by atoms with Gasteiger partial charge in [0.1, 0.15) is 0 Å². The number of rotatable bonds is 2. The lowest BCUT2D eigenvalue weighted by atomic mass is 10.2. The molecule has 0 radical (unpaired) electrons. The summed E-state index contributed by atoms with van der Waals surface area (Å²) in [5.74, 6) is 0. The second kappa shape index (κ2) is 3.35. The van der Waals surface area contributed by atoms with Crippen LogP contribution in [-0.2, 0) is 0 Å². The summed E-state index contributed by atoms with van der Waals surface area (Å²) >= 11 is 3.35. The molecule has 1 aliphatic carbocycles. The molecular formula is C8H11BrO. The molecule has 0 bridgehead atoms. The average Bonchev–Trinajstić information content (AvgIpc) is 2.20. The molecule has 10 heavy (non-hydrogen) atoms. The van der Waals surface area contributed by atoms with Gasteiger partial charge in [-0.2, -0.15) is 0 Å². The number of hydrogen-bond acceptors (Lipinski definition) is 1. The molecule has 0 aromatic carbocycles. The van der Waals surface area contributed by atoms with Crippen molar-refractivity contribution in [2.45, 2.75) is 25.4 Å². The number of hydrogen-bond donors (Lipinski definition) is 1. The number of allylic oxidation sites excluding steroid dienone is 2. The highest BCUT2D eigenvalue weighted by Crippen LogP contribution is 2.32. The SMILES string of the molecule is C=CCC1=C(Br)C(O)CC1. The van der Waals surface area contributed by atoms with E-state index in [1.165, 1.54) is 5.57 Å². The van der Waals surface area contributed by atoms with E-state index < -0.39 is 0 Å². The summed E-state index contributed by atoms with van der Waals surface area (Å²) in [5, 5.41) is 9.26. The molecule has 56 valence electrons. The maximum atomic E-state index is 9.26. The predicted molar refractivity (Wildman–Crippen MR) is 46.0 cm³/mol. The highest BCUT2D eigenvalue weighted by atomic mass is 79.9. The third-order valence-electron chi connectivity index (χ3n) is 1.74. The number of aliphatic hydroxyl groups excluding tert-OH is 1. The molecule has 0 heterocycles. The van der Waals surface area contributed by atoms with Crippen LogP contribution in [0, 0.1) is 0 Å². The van der Waals surface area contributed by atoms with Crippen LogP contribution in [0.15, 0.2) is 22.7 Å². The van der Waals surface area contributed by atoms with Crippen LogP contribution < -0.4 is 0 Å². The van der Waals surface area contributed by atoms with Crippen molar-refractivity contribution in [1.29, 1.82) is 0 Å². The van der Waals surface area contributed by atoms with Gasteiger partial charge in [-0.3, -0.25) is 0 Å². The minimum atomic E-state index is -0.255. The molecule has 0 aliphatic heterocycles. The quantitative estimate of drug-likeness (QED) is 0.683. The van der Waals surface area contributed by atoms with E-state index in [1.807, 2.05) is 6.08 Å². The second-order valence-electron chi connectivity index (χ2n) is 2.50. The maximum Gasteiger partial charge on any atom is 0.0857 e. The molecule has 0 saturated carbocycles. The fourth-order valence-corrected chi connectivity index (χ4v) is 1.76. The normalized spacial score (nSPS) is 25.6. The fourth-order valence-electron chi connectivity index (χ4n) is 1.17. The summed E-state index contributed by atoms with van der Waals surface area (Å²) in [5.41, 5.74) is 1.29. The van der Waals surface area contributed by atoms with Gasteiger partial charge in [0.25, 0.3) is 0 Å². The van der Waals surface area contributed by atoms with E-state index in [-0.39, 0.29) is 6.10 Å². The lowest BCUT2D eigenvalue weighted by molar-refractivity contribution is 0.220. The van der Waals surface area contributed by atoms with Gasteiger partial charge in [-0.1, -0.05) is 27.6 Å². The number of halogens is 1. The molecule has 1 nitrogen and oxygen atoms in total. The van der Waals surface area contributed by atoms with Gasteiger partial charge in [0.15, 0.2) is 0 Å². The Morgan fingerprint density at radius 1 is 1.80 bits per heavy atom. The molecule has 0 amide bonds. The van der Waals surface area contributed by atoms with Crippen molar-refractivity contribution in [1.82, 2.24) is 0 Å². The van der Waals surface area contributed by atoms with Crippen LogP contribution in [0.4, 0.5) is 0 Å². The third kappa shape index (κ3) is 1.50. The van der Waals surface area contributed by atoms with Crippen molar-refractivity contribution in [3.05, 3.63) is 22.7 Å². The fraction of sp³-hybridized carbons (Fsp3) is 0.500. The molecule has 1 N–H and O–H groups in total. The van der Waals surface area contributed by atoms with E-state index in [2.05, 4.69) is 22.5 Å². The molecule has 0 aromatic heterocycles. The van der Waals surface area contributed by atoms with Gasteiger partial charge in [0.2, 0.25) is 0 Å². The van der Waals surface area contributed by atoms with Crippen LogP contribution in [0.2, 0.25) is 0 Å². The summed E-state index contributed by atoms with van der Waals surface area (Å²) in [6.45, 7) is 3.65. The third-order valence-corrected chi connectivity index (χ3v) is 2.83. The molecule has 2 heteroatoms. The topological polar surface area (TPSA) is 20.2 Å². The Balaban J connectivity index is 2.64. The zero-order valence-corrected chi connectivity index (χ0v) is 7.39. The van der Waals surface area contributed by atoms with Crippen LogP contribution >= 0.6 is 15.9 Å². The van der Waals surface area contributed by atoms with E-state index in [0.717, 1.165) is 23.7 Å². The molecule has 1 unspecified atom stereocenters. The summed E-state index contributed by atoms with van der Waals surface area (Å²) < 4.78 is 0.979. The first-order chi connectivity index (χ1) is 4.75. The first-order valence-corrected chi connectivity index (χ1v) is 4.21. The zero-order valence-electron chi connectivity index (χ0n) is 5.81. The van der Waals surface area contributed by atoms with Gasteiger partial charge in [-0.05, 0) is 19.3 Å². The van der Waals surface area contributed by atoms with Crippen molar-refractivity contribution in [3.63, 3.8) is 0 Å². The van der Waals surface area contributed by atoms with Crippen molar-refractivity contribution >= 4 is 15.9 Å². The Labute approximate surface area is 69.6 Å². The molecule has 1 aliphatic rings. The smallest absolute Gasteiger partial charge is 0.0857 e. The lowest BCUT2D eigenvalue weighted by Gasteiger charge is -1.98. The highest BCUT2D eigenvalue weighted by molar-refractivity contribution is 9.11. The Bertz CT molecular complexity index is 172. The highest BCUT2D eigenvalue weighted by Gasteiger charge is 2.19. The van der Waals surface area contributed by atoms with Gasteiger partial charge in [-0.15, -0.1) is 6.58 Å². The summed E-state index contributed by atoms with van der Waals surface area (Å²) in [6.07, 6.45) is 4.39. The summed E-state index contributed by atoms with van der Waals surface area (Å²) in [6, 6.07) is 0. The van der Waals surface area contributed by atoms with E-state index in [0.29, 0.717) is 0 Å². The van der Waals surface area contributed by atoms with Gasteiger partial charge < -0.3 is 5.11 Å². The molecule has 1 rings (SSSR count). The maximum absolute atomic E-state index is 9.26. The summed E-state index contributed by atoms with van der Waals surface area (Å²) in [7, 11) is 0. The largest absolute Gasteiger partial charge is 0.388 e. The minimum absolute atomic E-state index is 0.255. The molecule has 0 saturated heterocycles. The monoisotopic (exact) mass is 202 g/mol. The van der Waals surface area contributed by atoms with E-state index >= 15 is 0 Å². The van der Waals surface area contributed by atoms with E-state index in [1.54, 1.807) is 0 Å². The first kappa shape index (κ1) is 8.02. The molecule has 1 atom stereocenters. The zero-order chi connectivity index (χ0) is 7.56. The molecular weight excluding hydrogens is 192 g/mol. The first-order valence-electron chi connectivity index (χ1n) is 3.42. The van der Waals surface area contributed by atoms with Crippen LogP contribution in [0.25, 0.3) is 0 Å². The van der Waals surface area contributed by atoms with Crippen molar-refractivity contribution in [2.75, 3.05) is 0 Å². The standard InChI is InChI=1S/C8H11BrO/c1-2-3-6-4-5-7(10)8(6)9/h2,7,10H,1,3-5H2. The van der Waals surface area contributed by atoms with Gasteiger partial charge in [0, 0.05) is 4.48 Å². The van der Waals surface area contributed by atoms with Crippen molar-refractivity contribution in [3.8, 4) is 0 Å². The summed E-state index contributed by atoms with van der Waals surface area (Å²) in [4.78, 5) is 0. The van der Waals surface area contributed by atoms with Crippen LogP contribution in [-0.4, -0.2) is 11.2 Å². The number of aliphatic hydroxyl groups is 1. The van der Waals surface area contributed by atoms with Crippen LogP contribution in [0.5, 0.6) is 0 Å².